The smallest absolute Gasteiger partial charge is 0.0557 e. The highest BCUT2D eigenvalue weighted by atomic mass is 16.5. The lowest BCUT2D eigenvalue weighted by Gasteiger charge is -2.36. The molecule has 2 nitrogen and oxygen atoms in total. The van der Waals surface area contributed by atoms with Crippen molar-refractivity contribution in [3.63, 3.8) is 0 Å². The van der Waals surface area contributed by atoms with E-state index in [2.05, 4.69) is 26.1 Å². The van der Waals surface area contributed by atoms with Gasteiger partial charge in [0.25, 0.3) is 0 Å². The molecule has 72 valence electrons. The fourth-order valence-corrected chi connectivity index (χ4v) is 1.43. The van der Waals surface area contributed by atoms with Crippen LogP contribution in [-0.4, -0.2) is 26.3 Å². The van der Waals surface area contributed by atoms with E-state index < -0.39 is 0 Å². The summed E-state index contributed by atoms with van der Waals surface area (Å²) >= 11 is 0. The van der Waals surface area contributed by atoms with Crippen molar-refractivity contribution in [3.8, 4) is 0 Å². The van der Waals surface area contributed by atoms with Gasteiger partial charge in [-0.1, -0.05) is 20.8 Å². The van der Waals surface area contributed by atoms with Crippen molar-refractivity contribution in [2.45, 2.75) is 27.2 Å². The summed E-state index contributed by atoms with van der Waals surface area (Å²) in [7, 11) is 0. The Morgan fingerprint density at radius 1 is 1.25 bits per heavy atom. The second-order valence-corrected chi connectivity index (χ2v) is 4.65. The van der Waals surface area contributed by atoms with E-state index in [1.54, 1.807) is 0 Å². The van der Waals surface area contributed by atoms with Crippen LogP contribution >= 0.6 is 0 Å². The monoisotopic (exact) mass is 171 g/mol. The molecule has 2 heterocycles. The van der Waals surface area contributed by atoms with Crippen LogP contribution in [0.5, 0.6) is 0 Å². The molecule has 0 amide bonds. The van der Waals surface area contributed by atoms with Crippen LogP contribution in [0.25, 0.3) is 0 Å². The molecule has 2 aliphatic heterocycles. The predicted molar refractivity (Wildman–Crippen MR) is 51.3 cm³/mol. The molecule has 0 atom stereocenters. The van der Waals surface area contributed by atoms with E-state index in [1.165, 1.54) is 19.5 Å². The largest absolute Gasteiger partial charge is 0.380 e. The minimum atomic E-state index is 0.583. The molecule has 2 aliphatic rings. The third-order valence-electron chi connectivity index (χ3n) is 2.15. The highest BCUT2D eigenvalue weighted by molar-refractivity contribution is 4.92. The molecule has 2 rings (SSSR count). The Bertz CT molecular complexity index is 119. The normalized spacial score (nSPS) is 25.0. The maximum Gasteiger partial charge on any atom is 0.0557 e. The summed E-state index contributed by atoms with van der Waals surface area (Å²) in [5.41, 5.74) is 0.583. The molecule has 0 aromatic carbocycles. The Morgan fingerprint density at radius 3 is 2.00 bits per heavy atom. The van der Waals surface area contributed by atoms with Crippen LogP contribution in [0.1, 0.15) is 27.2 Å². The van der Waals surface area contributed by atoms with Gasteiger partial charge in [-0.2, -0.15) is 0 Å². The lowest BCUT2D eigenvalue weighted by atomic mass is 9.86. The Balaban J connectivity index is 0.000000157. The summed E-state index contributed by atoms with van der Waals surface area (Å²) in [6, 6.07) is 0. The first-order valence-electron chi connectivity index (χ1n) is 4.93. The molecule has 2 heteroatoms. The fraction of sp³-hybridized carbons (Fsp3) is 1.00. The summed E-state index contributed by atoms with van der Waals surface area (Å²) in [4.78, 5) is 0. The summed E-state index contributed by atoms with van der Waals surface area (Å²) in [5, 5.41) is 3.34. The third kappa shape index (κ3) is 2.76. The van der Waals surface area contributed by atoms with Gasteiger partial charge in [0.1, 0.15) is 0 Å². The van der Waals surface area contributed by atoms with Crippen LogP contribution in [0, 0.1) is 11.3 Å². The highest BCUT2D eigenvalue weighted by Crippen LogP contribution is 2.32. The average Bonchev–Trinajstić information content (AvgIpc) is 2.30. The molecule has 0 saturated carbocycles. The average molecular weight is 171 g/mol. The Kier molecular flexibility index (Phi) is 3.53. The molecule has 1 spiro atoms. The first-order chi connectivity index (χ1) is 5.65. The van der Waals surface area contributed by atoms with E-state index in [9.17, 15) is 0 Å². The van der Waals surface area contributed by atoms with Crippen LogP contribution < -0.4 is 5.32 Å². The van der Waals surface area contributed by atoms with E-state index in [4.69, 9.17) is 4.74 Å². The topological polar surface area (TPSA) is 21.3 Å². The molecule has 0 aromatic heterocycles. The second-order valence-electron chi connectivity index (χ2n) is 4.65. The third-order valence-corrected chi connectivity index (χ3v) is 2.15. The molecular formula is C10H21NO. The molecule has 12 heavy (non-hydrogen) atoms. The van der Waals surface area contributed by atoms with Crippen molar-refractivity contribution in [1.82, 2.24) is 5.32 Å². The van der Waals surface area contributed by atoms with E-state index in [-0.39, 0.29) is 0 Å². The summed E-state index contributed by atoms with van der Waals surface area (Å²) in [6.45, 7) is 10.9. The van der Waals surface area contributed by atoms with E-state index in [0.29, 0.717) is 5.41 Å². The fourth-order valence-electron chi connectivity index (χ4n) is 1.43. The van der Waals surface area contributed by atoms with Crippen molar-refractivity contribution < 1.29 is 4.74 Å². The van der Waals surface area contributed by atoms with Crippen LogP contribution in [0.2, 0.25) is 0 Å². The molecule has 0 aromatic rings. The Labute approximate surface area is 75.7 Å². The number of hydrogen-bond acceptors (Lipinski definition) is 2. The van der Waals surface area contributed by atoms with Gasteiger partial charge in [0, 0.05) is 12.0 Å². The lowest BCUT2D eigenvalue weighted by Crippen LogP contribution is -2.43. The van der Waals surface area contributed by atoms with Gasteiger partial charge in [-0.05, 0) is 18.9 Å². The van der Waals surface area contributed by atoms with Gasteiger partial charge in [0.05, 0.1) is 13.2 Å². The Morgan fingerprint density at radius 2 is 1.83 bits per heavy atom. The standard InChI is InChI=1S/C6H11NO.C4H10/c1-2-7-3-6(1)4-8-5-6;1-4(2)3/h7H,1-5H2;4H,1-3H3. The van der Waals surface area contributed by atoms with E-state index in [1.807, 2.05) is 0 Å². The van der Waals surface area contributed by atoms with Gasteiger partial charge in [-0.3, -0.25) is 0 Å². The van der Waals surface area contributed by atoms with E-state index in [0.717, 1.165) is 19.1 Å². The number of rotatable bonds is 0. The van der Waals surface area contributed by atoms with Crippen molar-refractivity contribution in [2.75, 3.05) is 26.3 Å². The molecule has 0 aliphatic carbocycles. The number of ether oxygens (including phenoxy) is 1. The lowest BCUT2D eigenvalue weighted by molar-refractivity contribution is -0.0995. The van der Waals surface area contributed by atoms with Crippen molar-refractivity contribution in [3.05, 3.63) is 0 Å². The van der Waals surface area contributed by atoms with Crippen molar-refractivity contribution in [1.29, 1.82) is 0 Å². The zero-order valence-electron chi connectivity index (χ0n) is 8.52. The van der Waals surface area contributed by atoms with Gasteiger partial charge < -0.3 is 10.1 Å². The maximum absolute atomic E-state index is 5.12. The molecule has 2 saturated heterocycles. The van der Waals surface area contributed by atoms with Crippen LogP contribution in [0.15, 0.2) is 0 Å². The zero-order valence-corrected chi connectivity index (χ0v) is 8.52. The SMILES string of the molecule is C1CC2(CN1)COC2.CC(C)C. The summed E-state index contributed by atoms with van der Waals surface area (Å²) in [6.07, 6.45) is 1.33. The number of nitrogens with one attached hydrogen (secondary N) is 1. The molecule has 0 unspecified atom stereocenters. The van der Waals surface area contributed by atoms with Gasteiger partial charge in [-0.25, -0.2) is 0 Å². The first kappa shape index (κ1) is 10.0. The van der Waals surface area contributed by atoms with E-state index >= 15 is 0 Å². The van der Waals surface area contributed by atoms with Gasteiger partial charge in [0.15, 0.2) is 0 Å². The van der Waals surface area contributed by atoms with Crippen LogP contribution in [0.3, 0.4) is 0 Å². The first-order valence-corrected chi connectivity index (χ1v) is 4.93. The summed E-state index contributed by atoms with van der Waals surface area (Å²) < 4.78 is 5.12. The zero-order chi connectivity index (χ0) is 9.03. The Hall–Kier alpha value is -0.0800. The minimum Gasteiger partial charge on any atom is -0.380 e. The van der Waals surface area contributed by atoms with Gasteiger partial charge in [0.2, 0.25) is 0 Å². The second kappa shape index (κ2) is 4.24. The van der Waals surface area contributed by atoms with Crippen molar-refractivity contribution >= 4 is 0 Å². The molecular weight excluding hydrogens is 150 g/mol. The molecule has 2 fully saturated rings. The summed E-state index contributed by atoms with van der Waals surface area (Å²) in [5.74, 6) is 0.833. The van der Waals surface area contributed by atoms with Gasteiger partial charge >= 0.3 is 0 Å². The number of hydrogen-bond donors (Lipinski definition) is 1. The van der Waals surface area contributed by atoms with Crippen LogP contribution in [-0.2, 0) is 4.74 Å². The quantitative estimate of drug-likeness (QED) is 0.598. The molecule has 0 radical (unpaired) electrons. The van der Waals surface area contributed by atoms with Crippen molar-refractivity contribution in [2.24, 2.45) is 11.3 Å². The maximum atomic E-state index is 5.12. The molecule has 1 N–H and O–H groups in total. The predicted octanol–water partition coefficient (Wildman–Crippen LogP) is 1.66. The highest BCUT2D eigenvalue weighted by Gasteiger charge is 2.40. The molecule has 0 bridgehead atoms. The van der Waals surface area contributed by atoms with Gasteiger partial charge in [-0.15, -0.1) is 0 Å². The van der Waals surface area contributed by atoms with Crippen LogP contribution in [0.4, 0.5) is 0 Å². The minimum absolute atomic E-state index is 0.583.